The van der Waals surface area contributed by atoms with Crippen molar-refractivity contribution in [1.29, 1.82) is 0 Å². The first-order valence-electron chi connectivity index (χ1n) is 23.1. The zero-order chi connectivity index (χ0) is 53.8. The first kappa shape index (κ1) is 54.4. The van der Waals surface area contributed by atoms with Crippen LogP contribution in [0.25, 0.3) is 11.2 Å². The van der Waals surface area contributed by atoms with Crippen LogP contribution in [0.5, 0.6) is 0 Å². The summed E-state index contributed by atoms with van der Waals surface area (Å²) in [5.41, 5.74) is -7.44. The van der Waals surface area contributed by atoms with E-state index in [1.165, 1.54) is 47.9 Å². The van der Waals surface area contributed by atoms with Crippen molar-refractivity contribution in [2.45, 2.75) is 136 Å². The Morgan fingerprint density at radius 2 is 0.986 bits per heavy atom. The Morgan fingerprint density at radius 3 is 1.42 bits per heavy atom. The van der Waals surface area contributed by atoms with Crippen LogP contribution in [0.2, 0.25) is 0 Å². The summed E-state index contributed by atoms with van der Waals surface area (Å²) < 4.78 is 48.9. The molecule has 1 aliphatic heterocycles. The highest BCUT2D eigenvalue weighted by Crippen LogP contribution is 2.46. The molecule has 1 saturated heterocycles. The van der Waals surface area contributed by atoms with E-state index in [4.69, 9.17) is 37.9 Å². The molecule has 1 aliphatic rings. The Hall–Kier alpha value is -7.94. The van der Waals surface area contributed by atoms with Crippen molar-refractivity contribution in [2.24, 2.45) is 0 Å². The Morgan fingerprint density at radius 1 is 0.575 bits per heavy atom. The smallest absolute Gasteiger partial charge is 0.427 e. The minimum absolute atomic E-state index is 0.0766. The Bertz CT molecular complexity index is 2790. The quantitative estimate of drug-likeness (QED) is 0.0933. The summed E-state index contributed by atoms with van der Waals surface area (Å²) in [5.74, 6) is -4.07. The number of carbonyl (C=O) groups is 7. The van der Waals surface area contributed by atoms with Crippen molar-refractivity contribution in [1.82, 2.24) is 19.5 Å². The number of imide groups is 2. The van der Waals surface area contributed by atoms with E-state index in [9.17, 15) is 33.6 Å². The predicted octanol–water partition coefficient (Wildman–Crippen LogP) is 9.78. The summed E-state index contributed by atoms with van der Waals surface area (Å²) in [6.45, 7) is 19.3. The van der Waals surface area contributed by atoms with Gasteiger partial charge in [0.05, 0.1) is 23.0 Å². The highest BCUT2D eigenvalue weighted by molar-refractivity contribution is 6.14. The van der Waals surface area contributed by atoms with Gasteiger partial charge >= 0.3 is 42.3 Å². The van der Waals surface area contributed by atoms with Crippen LogP contribution in [0.15, 0.2) is 97.3 Å². The summed E-state index contributed by atoms with van der Waals surface area (Å²) in [6, 6.07) is 23.8. The van der Waals surface area contributed by atoms with E-state index in [1.807, 2.05) is 0 Å². The summed E-state index contributed by atoms with van der Waals surface area (Å²) in [7, 11) is 0. The van der Waals surface area contributed by atoms with Gasteiger partial charge in [-0.25, -0.2) is 38.5 Å². The van der Waals surface area contributed by atoms with E-state index < -0.39 is 113 Å². The van der Waals surface area contributed by atoms with E-state index in [2.05, 4.69) is 15.0 Å². The number of fused-ring (bicyclic) bond motifs is 1. The molecule has 0 aliphatic carbocycles. The van der Waals surface area contributed by atoms with Gasteiger partial charge in [0.15, 0.2) is 34.9 Å². The van der Waals surface area contributed by atoms with Crippen LogP contribution < -0.4 is 9.80 Å². The zero-order valence-corrected chi connectivity index (χ0v) is 43.0. The van der Waals surface area contributed by atoms with E-state index in [-0.39, 0.29) is 22.2 Å². The molecule has 2 unspecified atom stereocenters. The van der Waals surface area contributed by atoms with Gasteiger partial charge in [-0.2, -0.15) is 14.9 Å². The molecule has 0 bridgehead atoms. The van der Waals surface area contributed by atoms with E-state index >= 15 is 0 Å². The van der Waals surface area contributed by atoms with Gasteiger partial charge in [-0.15, -0.1) is 4.90 Å². The van der Waals surface area contributed by atoms with Gasteiger partial charge in [0, 0.05) is 0 Å². The van der Waals surface area contributed by atoms with Crippen molar-refractivity contribution in [3.8, 4) is 0 Å². The van der Waals surface area contributed by atoms with Gasteiger partial charge in [-0.1, -0.05) is 54.6 Å². The molecule has 2 aromatic heterocycles. The Kier molecular flexibility index (Phi) is 15.7. The Labute approximate surface area is 421 Å². The molecule has 3 heterocycles. The van der Waals surface area contributed by atoms with Crippen molar-refractivity contribution in [2.75, 3.05) is 16.4 Å². The van der Waals surface area contributed by atoms with Crippen LogP contribution in [-0.4, -0.2) is 109 Å². The molecule has 4 amide bonds. The summed E-state index contributed by atoms with van der Waals surface area (Å²) >= 11 is 0. The molecular weight excluding hydrogens is 949 g/mol. The number of hydrogen-bond donors (Lipinski definition) is 0. The topological polar surface area (TPSA) is 243 Å². The summed E-state index contributed by atoms with van der Waals surface area (Å²) in [6.07, 6.45) is -8.95. The molecule has 5 aromatic rings. The fraction of sp³-hybridized carbons (Fsp3) is 0.423. The first-order valence-corrected chi connectivity index (χ1v) is 23.1. The average Bonchev–Trinajstić information content (AvgIpc) is 3.81. The lowest BCUT2D eigenvalue weighted by atomic mass is 9.95. The number of imidazole rings is 1. The molecule has 21 heteroatoms. The second-order valence-electron chi connectivity index (χ2n) is 20.9. The maximum atomic E-state index is 14.4. The number of nitrogens with zero attached hydrogens (tertiary/aromatic N) is 6. The molecule has 0 spiro atoms. The lowest BCUT2D eigenvalue weighted by Crippen LogP contribution is -2.50. The molecule has 1 fully saturated rings. The third kappa shape index (κ3) is 13.5. The van der Waals surface area contributed by atoms with Crippen LogP contribution in [0.3, 0.4) is 0 Å². The number of benzene rings is 3. The number of amides is 4. The SMILES string of the molecule is CC(C)(C)OC(=O)N(C(=O)OC(C)(C)C)c1nc(N(C(=O)OC(C)(C)C)C(=O)OC(C)(C)C)c2ncn([C@@H]3O[C@H](COC(=O)c4ccccc4)C(OC(=O)c4ccccc4)C3(C)OC(=O)c3ccccc3)c2n1. The van der Waals surface area contributed by atoms with Crippen LogP contribution in [0.4, 0.5) is 30.9 Å². The number of anilines is 2. The Balaban J connectivity index is 1.66. The maximum absolute atomic E-state index is 14.4. The molecule has 0 N–H and O–H groups in total. The highest BCUT2D eigenvalue weighted by Gasteiger charge is 2.61. The second-order valence-corrected chi connectivity index (χ2v) is 20.9. The molecule has 388 valence electrons. The van der Waals surface area contributed by atoms with Crippen molar-refractivity contribution in [3.05, 3.63) is 114 Å². The van der Waals surface area contributed by atoms with Gasteiger partial charge in [-0.05, 0) is 126 Å². The van der Waals surface area contributed by atoms with Crippen molar-refractivity contribution >= 4 is 65.2 Å². The van der Waals surface area contributed by atoms with Crippen LogP contribution >= 0.6 is 0 Å². The van der Waals surface area contributed by atoms with Gasteiger partial charge in [0.2, 0.25) is 5.95 Å². The van der Waals surface area contributed by atoms with E-state index in [0.29, 0.717) is 9.80 Å². The third-order valence-corrected chi connectivity index (χ3v) is 10.0. The fourth-order valence-corrected chi connectivity index (χ4v) is 7.09. The van der Waals surface area contributed by atoms with Crippen LogP contribution in [0, 0.1) is 0 Å². The van der Waals surface area contributed by atoms with Gasteiger partial charge in [0.25, 0.3) is 0 Å². The van der Waals surface area contributed by atoms with E-state index in [0.717, 1.165) is 6.33 Å². The highest BCUT2D eigenvalue weighted by atomic mass is 16.7. The summed E-state index contributed by atoms with van der Waals surface area (Å²) in [5, 5.41) is 0. The number of carbonyl (C=O) groups excluding carboxylic acids is 7. The number of ether oxygens (including phenoxy) is 8. The number of esters is 3. The van der Waals surface area contributed by atoms with Crippen molar-refractivity contribution in [3.63, 3.8) is 0 Å². The molecular formula is C52H60N6O15. The molecule has 6 rings (SSSR count). The molecule has 0 radical (unpaired) electrons. The molecule has 73 heavy (non-hydrogen) atoms. The number of aromatic nitrogens is 4. The number of rotatable bonds is 10. The maximum Gasteiger partial charge on any atom is 0.427 e. The standard InChI is InChI=1S/C52H60N6O15/c1-48(2,3)70-44(62)57(45(63)71-49(4,5)6)38-35-37(54-43(55-38)58(46(64)72-50(7,8)9)47(65)73-51(10,11)12)56(30-53-35)42-52(13,69-41(61)33-27-21-16-22-28-33)36(68-40(60)32-25-19-15-20-26-32)34(67-42)29-66-39(59)31-23-17-14-18-24-31/h14-28,30,34,36,42H,29H2,1-13H3/t34-,36?,42-,52?/m1/s1. The monoisotopic (exact) mass is 1010 g/mol. The van der Waals surface area contributed by atoms with E-state index in [1.54, 1.807) is 138 Å². The lowest BCUT2D eigenvalue weighted by molar-refractivity contribution is -0.108. The van der Waals surface area contributed by atoms with Gasteiger partial charge < -0.3 is 37.9 Å². The first-order chi connectivity index (χ1) is 33.9. The predicted molar refractivity (Wildman–Crippen MR) is 262 cm³/mol. The molecule has 21 nitrogen and oxygen atoms in total. The third-order valence-electron chi connectivity index (χ3n) is 10.0. The largest absolute Gasteiger partial charge is 0.459 e. The number of hydrogen-bond acceptors (Lipinski definition) is 18. The molecule has 3 aromatic carbocycles. The van der Waals surface area contributed by atoms with Gasteiger partial charge in [0.1, 0.15) is 35.1 Å². The second kappa shape index (κ2) is 21.0. The molecule has 4 atom stereocenters. The average molecular weight is 1010 g/mol. The van der Waals surface area contributed by atoms with Gasteiger partial charge in [-0.3, -0.25) is 4.57 Å². The minimum atomic E-state index is -2.15. The van der Waals surface area contributed by atoms with Crippen LogP contribution in [-0.2, 0) is 37.9 Å². The van der Waals surface area contributed by atoms with Crippen LogP contribution in [0.1, 0.15) is 127 Å². The van der Waals surface area contributed by atoms with Crippen molar-refractivity contribution < 1.29 is 71.5 Å². The lowest BCUT2D eigenvalue weighted by Gasteiger charge is -2.34. The minimum Gasteiger partial charge on any atom is -0.459 e. The normalized spacial score (nSPS) is 18.0. The fourth-order valence-electron chi connectivity index (χ4n) is 7.09. The summed E-state index contributed by atoms with van der Waals surface area (Å²) in [4.78, 5) is 113. The molecule has 0 saturated carbocycles. The zero-order valence-electron chi connectivity index (χ0n) is 43.0.